The smallest absolute Gasteiger partial charge is 0.249 e. The molecule has 0 spiro atoms. The molecule has 1 amide bonds. The summed E-state index contributed by atoms with van der Waals surface area (Å²) in [5, 5.41) is 3.11. The highest BCUT2D eigenvalue weighted by atomic mass is 16.5. The number of ether oxygens (including phenoxy) is 1. The predicted octanol–water partition coefficient (Wildman–Crippen LogP) is 4.23. The van der Waals surface area contributed by atoms with E-state index in [0.717, 1.165) is 62.0 Å². The molecular formula is C24H32N4O2. The van der Waals surface area contributed by atoms with Crippen LogP contribution in [0.3, 0.4) is 0 Å². The minimum absolute atomic E-state index is 0.0620. The zero-order valence-corrected chi connectivity index (χ0v) is 18.0. The quantitative estimate of drug-likeness (QED) is 0.774. The molecule has 1 aliphatic carbocycles. The van der Waals surface area contributed by atoms with E-state index in [1.54, 1.807) is 0 Å². The third kappa shape index (κ3) is 4.86. The van der Waals surface area contributed by atoms with Crippen LogP contribution in [0.5, 0.6) is 0 Å². The van der Waals surface area contributed by atoms with Crippen molar-refractivity contribution in [1.82, 2.24) is 20.3 Å². The molecule has 0 radical (unpaired) electrons. The maximum atomic E-state index is 12.2. The minimum Gasteiger partial charge on any atom is -0.368 e. The first-order valence-corrected chi connectivity index (χ1v) is 11.3. The summed E-state index contributed by atoms with van der Waals surface area (Å²) >= 11 is 0. The molecule has 6 nitrogen and oxygen atoms in total. The van der Waals surface area contributed by atoms with Crippen molar-refractivity contribution in [3.8, 4) is 11.1 Å². The van der Waals surface area contributed by atoms with Gasteiger partial charge in [0.1, 0.15) is 11.9 Å². The molecule has 3 heterocycles. The first-order valence-electron chi connectivity index (χ1n) is 11.3. The van der Waals surface area contributed by atoms with Crippen LogP contribution >= 0.6 is 0 Å². The number of hydrogen-bond acceptors (Lipinski definition) is 5. The van der Waals surface area contributed by atoms with Crippen LogP contribution in [0.15, 0.2) is 30.7 Å². The number of carbonyl (C=O) groups excluding carboxylic acids is 1. The van der Waals surface area contributed by atoms with Gasteiger partial charge < -0.3 is 10.1 Å². The molecule has 6 heteroatoms. The van der Waals surface area contributed by atoms with E-state index < -0.39 is 0 Å². The van der Waals surface area contributed by atoms with Crippen LogP contribution in [0.25, 0.3) is 11.1 Å². The molecule has 1 atom stereocenters. The molecule has 0 unspecified atom stereocenters. The average molecular weight is 409 g/mol. The average Bonchev–Trinajstić information content (AvgIpc) is 3.33. The van der Waals surface area contributed by atoms with Crippen LogP contribution in [-0.4, -0.2) is 40.1 Å². The zero-order chi connectivity index (χ0) is 20.9. The van der Waals surface area contributed by atoms with Gasteiger partial charge in [-0.1, -0.05) is 13.8 Å². The van der Waals surface area contributed by atoms with Crippen LogP contribution in [-0.2, 0) is 9.53 Å². The Balaban J connectivity index is 1.42. The molecule has 30 heavy (non-hydrogen) atoms. The van der Waals surface area contributed by atoms with Crippen LogP contribution in [0.2, 0.25) is 0 Å². The second-order valence-electron chi connectivity index (χ2n) is 8.88. The van der Waals surface area contributed by atoms with E-state index in [-0.39, 0.29) is 12.0 Å². The molecule has 1 aliphatic heterocycles. The standard InChI is InChI=1S/C24H32N4O2/c1-16(2)23-26-15-20(18-9-11-25-12-10-18)22(28-23)19-7-5-17(6-8-19)14-27-24(29)21-4-3-13-30-21/h9-12,15-17,19,21H,3-8,13-14H2,1-2H3,(H,27,29)/t17?,19?,21-/m1/s1. The Labute approximate surface area is 178 Å². The summed E-state index contributed by atoms with van der Waals surface area (Å²) in [7, 11) is 0. The second kappa shape index (κ2) is 9.65. The van der Waals surface area contributed by atoms with Gasteiger partial charge in [-0.15, -0.1) is 0 Å². The Morgan fingerprint density at radius 3 is 2.60 bits per heavy atom. The van der Waals surface area contributed by atoms with Crippen molar-refractivity contribution in [1.29, 1.82) is 0 Å². The lowest BCUT2D eigenvalue weighted by molar-refractivity contribution is -0.130. The summed E-state index contributed by atoms with van der Waals surface area (Å²) in [5.74, 6) is 2.24. The number of nitrogens with one attached hydrogen (secondary N) is 1. The highest BCUT2D eigenvalue weighted by Crippen LogP contribution is 2.39. The Kier molecular flexibility index (Phi) is 6.72. The first kappa shape index (κ1) is 20.9. The first-order chi connectivity index (χ1) is 14.6. The number of hydrogen-bond donors (Lipinski definition) is 1. The third-order valence-electron chi connectivity index (χ3n) is 6.37. The molecule has 2 aromatic heterocycles. The molecule has 0 aromatic carbocycles. The van der Waals surface area contributed by atoms with Crippen LogP contribution < -0.4 is 5.32 Å². The van der Waals surface area contributed by atoms with Gasteiger partial charge in [0.15, 0.2) is 0 Å². The van der Waals surface area contributed by atoms with Crippen LogP contribution in [0.1, 0.15) is 75.7 Å². The Bertz CT molecular complexity index is 842. The molecule has 4 rings (SSSR count). The topological polar surface area (TPSA) is 77.0 Å². The normalized spacial score (nSPS) is 24.2. The number of amides is 1. The lowest BCUT2D eigenvalue weighted by atomic mass is 9.79. The van der Waals surface area contributed by atoms with Gasteiger partial charge >= 0.3 is 0 Å². The number of rotatable bonds is 6. The molecule has 1 saturated heterocycles. The maximum Gasteiger partial charge on any atom is 0.249 e. The predicted molar refractivity (Wildman–Crippen MR) is 116 cm³/mol. The molecule has 0 bridgehead atoms. The van der Waals surface area contributed by atoms with Crippen molar-refractivity contribution in [2.75, 3.05) is 13.2 Å². The highest BCUT2D eigenvalue weighted by molar-refractivity contribution is 5.80. The summed E-state index contributed by atoms with van der Waals surface area (Å²) in [6.45, 7) is 5.74. The van der Waals surface area contributed by atoms with E-state index in [4.69, 9.17) is 9.72 Å². The molecule has 2 aromatic rings. The largest absolute Gasteiger partial charge is 0.368 e. The van der Waals surface area contributed by atoms with Gasteiger partial charge in [0.25, 0.3) is 0 Å². The molecule has 2 fully saturated rings. The molecule has 160 valence electrons. The van der Waals surface area contributed by atoms with Gasteiger partial charge in [0.05, 0.1) is 5.69 Å². The number of aromatic nitrogens is 3. The number of carbonyl (C=O) groups is 1. The van der Waals surface area contributed by atoms with Crippen molar-refractivity contribution in [3.05, 3.63) is 42.2 Å². The molecule has 1 N–H and O–H groups in total. The summed E-state index contributed by atoms with van der Waals surface area (Å²) in [4.78, 5) is 26.0. The second-order valence-corrected chi connectivity index (χ2v) is 8.88. The van der Waals surface area contributed by atoms with Crippen molar-refractivity contribution < 1.29 is 9.53 Å². The van der Waals surface area contributed by atoms with Crippen molar-refractivity contribution >= 4 is 5.91 Å². The van der Waals surface area contributed by atoms with E-state index >= 15 is 0 Å². The SMILES string of the molecule is CC(C)c1ncc(-c2ccncc2)c(C2CCC(CNC(=O)[C@H]3CCCO3)CC2)n1. The van der Waals surface area contributed by atoms with E-state index in [0.29, 0.717) is 24.4 Å². The van der Waals surface area contributed by atoms with Gasteiger partial charge in [-0.25, -0.2) is 9.97 Å². The van der Waals surface area contributed by atoms with Crippen molar-refractivity contribution in [2.24, 2.45) is 5.92 Å². The fourth-order valence-corrected chi connectivity index (χ4v) is 4.54. The summed E-state index contributed by atoms with van der Waals surface area (Å²) in [5.41, 5.74) is 3.42. The van der Waals surface area contributed by atoms with Gasteiger partial charge in [-0.2, -0.15) is 0 Å². The molecule has 1 saturated carbocycles. The van der Waals surface area contributed by atoms with E-state index in [1.165, 1.54) is 5.69 Å². The van der Waals surface area contributed by atoms with Crippen molar-refractivity contribution in [3.63, 3.8) is 0 Å². The van der Waals surface area contributed by atoms with E-state index in [1.807, 2.05) is 30.7 Å². The maximum absolute atomic E-state index is 12.2. The lowest BCUT2D eigenvalue weighted by Gasteiger charge is -2.30. The Morgan fingerprint density at radius 2 is 1.93 bits per heavy atom. The lowest BCUT2D eigenvalue weighted by Crippen LogP contribution is -2.37. The van der Waals surface area contributed by atoms with Gasteiger partial charge in [0, 0.05) is 49.1 Å². The number of nitrogens with zero attached hydrogens (tertiary/aromatic N) is 3. The molecular weight excluding hydrogens is 376 g/mol. The van der Waals surface area contributed by atoms with Gasteiger partial charge in [-0.3, -0.25) is 9.78 Å². The zero-order valence-electron chi connectivity index (χ0n) is 18.0. The highest BCUT2D eigenvalue weighted by Gasteiger charge is 2.28. The third-order valence-corrected chi connectivity index (χ3v) is 6.37. The van der Waals surface area contributed by atoms with E-state index in [2.05, 4.69) is 29.1 Å². The Hall–Kier alpha value is -2.34. The van der Waals surface area contributed by atoms with Crippen LogP contribution in [0, 0.1) is 5.92 Å². The van der Waals surface area contributed by atoms with Gasteiger partial charge in [0.2, 0.25) is 5.91 Å². The minimum atomic E-state index is -0.236. The van der Waals surface area contributed by atoms with Crippen molar-refractivity contribution in [2.45, 2.75) is 70.3 Å². The fourth-order valence-electron chi connectivity index (χ4n) is 4.54. The molecule has 2 aliphatic rings. The van der Waals surface area contributed by atoms with Gasteiger partial charge in [-0.05, 0) is 62.1 Å². The van der Waals surface area contributed by atoms with E-state index in [9.17, 15) is 4.79 Å². The fraction of sp³-hybridized carbons (Fsp3) is 0.583. The monoisotopic (exact) mass is 408 g/mol. The summed E-state index contributed by atoms with van der Waals surface area (Å²) in [6, 6.07) is 4.06. The Morgan fingerprint density at radius 1 is 1.17 bits per heavy atom. The van der Waals surface area contributed by atoms with Crippen LogP contribution in [0.4, 0.5) is 0 Å². The number of pyridine rings is 1. The summed E-state index contributed by atoms with van der Waals surface area (Å²) in [6.07, 6.45) is 11.6. The summed E-state index contributed by atoms with van der Waals surface area (Å²) < 4.78 is 5.48.